The number of nitrogens with zero attached hydrogens (tertiary/aromatic N) is 3. The molecule has 1 saturated heterocycles. The van der Waals surface area contributed by atoms with E-state index in [2.05, 4.69) is 22.1 Å². The van der Waals surface area contributed by atoms with Gasteiger partial charge in [-0.25, -0.2) is 4.98 Å². The minimum Gasteiger partial charge on any atom is -0.497 e. The standard InChI is InChI=1S/C29H29N3O3/c1-34-25-11-7-10-22(17-25)14-23-15-24(19-30-18-23)29(33)32-13-6-5-12-27(32)28-31-20-26(35-28)16-21-8-3-2-4-9-21/h2-4,7-11,15,17-20,27H,5-6,12-14,16H2,1H3/t27-/m0/s1. The Morgan fingerprint density at radius 1 is 0.971 bits per heavy atom. The Labute approximate surface area is 205 Å². The molecule has 1 atom stereocenters. The highest BCUT2D eigenvalue weighted by Crippen LogP contribution is 2.32. The largest absolute Gasteiger partial charge is 0.497 e. The van der Waals surface area contributed by atoms with Gasteiger partial charge in [-0.15, -0.1) is 0 Å². The summed E-state index contributed by atoms with van der Waals surface area (Å²) in [5, 5.41) is 0. The monoisotopic (exact) mass is 467 g/mol. The molecule has 3 heterocycles. The normalized spacial score (nSPS) is 15.7. The van der Waals surface area contributed by atoms with Crippen LogP contribution in [-0.2, 0) is 12.8 Å². The molecule has 2 aromatic carbocycles. The molecule has 0 radical (unpaired) electrons. The van der Waals surface area contributed by atoms with E-state index in [0.717, 1.165) is 41.9 Å². The van der Waals surface area contributed by atoms with Crippen molar-refractivity contribution in [1.29, 1.82) is 0 Å². The number of benzene rings is 2. The maximum Gasteiger partial charge on any atom is 0.256 e. The van der Waals surface area contributed by atoms with Gasteiger partial charge in [-0.1, -0.05) is 42.5 Å². The minimum atomic E-state index is -0.164. The lowest BCUT2D eigenvalue weighted by Crippen LogP contribution is -2.38. The molecule has 178 valence electrons. The van der Waals surface area contributed by atoms with Crippen LogP contribution in [0, 0.1) is 0 Å². The van der Waals surface area contributed by atoms with Crippen molar-refractivity contribution >= 4 is 5.91 Å². The van der Waals surface area contributed by atoms with Crippen LogP contribution in [0.3, 0.4) is 0 Å². The van der Waals surface area contributed by atoms with E-state index in [4.69, 9.17) is 9.15 Å². The van der Waals surface area contributed by atoms with E-state index in [1.807, 2.05) is 59.6 Å². The molecular weight excluding hydrogens is 438 g/mol. The highest BCUT2D eigenvalue weighted by molar-refractivity contribution is 5.94. The number of carbonyl (C=O) groups excluding carboxylic acids is 1. The van der Waals surface area contributed by atoms with Crippen LogP contribution in [0.5, 0.6) is 5.75 Å². The minimum absolute atomic E-state index is 0.0301. The van der Waals surface area contributed by atoms with Gasteiger partial charge in [0.05, 0.1) is 18.9 Å². The van der Waals surface area contributed by atoms with E-state index < -0.39 is 0 Å². The summed E-state index contributed by atoms with van der Waals surface area (Å²) in [7, 11) is 1.66. The van der Waals surface area contributed by atoms with Gasteiger partial charge in [0.1, 0.15) is 17.6 Å². The molecule has 1 aliphatic heterocycles. The molecule has 0 bridgehead atoms. The van der Waals surface area contributed by atoms with Crippen LogP contribution in [0.1, 0.15) is 64.0 Å². The molecule has 6 nitrogen and oxygen atoms in total. The maximum atomic E-state index is 13.6. The average molecular weight is 468 g/mol. The third-order valence-corrected chi connectivity index (χ3v) is 6.43. The van der Waals surface area contributed by atoms with E-state index >= 15 is 0 Å². The van der Waals surface area contributed by atoms with E-state index in [-0.39, 0.29) is 11.9 Å². The Balaban J connectivity index is 1.33. The molecule has 1 amide bonds. The first kappa shape index (κ1) is 22.8. The van der Waals surface area contributed by atoms with Gasteiger partial charge >= 0.3 is 0 Å². The predicted molar refractivity (Wildman–Crippen MR) is 133 cm³/mol. The Hall–Kier alpha value is -3.93. The quantitative estimate of drug-likeness (QED) is 0.352. The zero-order valence-corrected chi connectivity index (χ0v) is 19.9. The fourth-order valence-electron chi connectivity index (χ4n) is 4.67. The Morgan fingerprint density at radius 3 is 2.69 bits per heavy atom. The topological polar surface area (TPSA) is 68.5 Å². The summed E-state index contributed by atoms with van der Waals surface area (Å²) in [6.07, 6.45) is 9.47. The number of methoxy groups -OCH3 is 1. The second kappa shape index (κ2) is 10.6. The number of likely N-dealkylation sites (tertiary alicyclic amines) is 1. The van der Waals surface area contributed by atoms with Crippen LogP contribution in [0.25, 0.3) is 0 Å². The van der Waals surface area contributed by atoms with Gasteiger partial charge in [0.2, 0.25) is 5.89 Å². The van der Waals surface area contributed by atoms with Gasteiger partial charge in [-0.3, -0.25) is 9.78 Å². The fraction of sp³-hybridized carbons (Fsp3) is 0.276. The number of hydrogen-bond donors (Lipinski definition) is 0. The number of rotatable bonds is 7. The van der Waals surface area contributed by atoms with Crippen LogP contribution in [0.4, 0.5) is 0 Å². The zero-order valence-electron chi connectivity index (χ0n) is 19.9. The number of carbonyl (C=O) groups is 1. The predicted octanol–water partition coefficient (Wildman–Crippen LogP) is 5.63. The molecule has 4 aromatic rings. The summed E-state index contributed by atoms with van der Waals surface area (Å²) in [5.41, 5.74) is 3.86. The number of oxazole rings is 1. The summed E-state index contributed by atoms with van der Waals surface area (Å²) < 4.78 is 11.5. The number of amides is 1. The first-order chi connectivity index (χ1) is 17.2. The van der Waals surface area contributed by atoms with Crippen LogP contribution in [0.15, 0.2) is 83.7 Å². The second-order valence-corrected chi connectivity index (χ2v) is 8.95. The smallest absolute Gasteiger partial charge is 0.256 e. The van der Waals surface area contributed by atoms with Crippen molar-refractivity contribution < 1.29 is 13.9 Å². The highest BCUT2D eigenvalue weighted by atomic mass is 16.5. The summed E-state index contributed by atoms with van der Waals surface area (Å²) in [4.78, 5) is 24.4. The van der Waals surface area contributed by atoms with Gasteiger partial charge in [-0.05, 0) is 60.6 Å². The summed E-state index contributed by atoms with van der Waals surface area (Å²) in [6, 6.07) is 19.9. The zero-order chi connectivity index (χ0) is 24.0. The lowest BCUT2D eigenvalue weighted by atomic mass is 10.00. The molecule has 0 unspecified atom stereocenters. The second-order valence-electron chi connectivity index (χ2n) is 8.95. The van der Waals surface area contributed by atoms with Crippen LogP contribution in [0.2, 0.25) is 0 Å². The van der Waals surface area contributed by atoms with Crippen molar-refractivity contribution in [2.45, 2.75) is 38.1 Å². The molecule has 0 spiro atoms. The van der Waals surface area contributed by atoms with Crippen LogP contribution < -0.4 is 4.74 Å². The molecule has 0 N–H and O–H groups in total. The van der Waals surface area contributed by atoms with Crippen molar-refractivity contribution in [3.8, 4) is 5.75 Å². The lowest BCUT2D eigenvalue weighted by molar-refractivity contribution is 0.0569. The van der Waals surface area contributed by atoms with Gasteiger partial charge < -0.3 is 14.1 Å². The van der Waals surface area contributed by atoms with Crippen LogP contribution >= 0.6 is 0 Å². The van der Waals surface area contributed by atoms with Crippen molar-refractivity contribution in [3.63, 3.8) is 0 Å². The molecule has 1 fully saturated rings. The lowest BCUT2D eigenvalue weighted by Gasteiger charge is -2.33. The molecule has 35 heavy (non-hydrogen) atoms. The number of hydrogen-bond acceptors (Lipinski definition) is 5. The number of piperidine rings is 1. The number of pyridine rings is 1. The van der Waals surface area contributed by atoms with Crippen molar-refractivity contribution in [3.05, 3.63) is 113 Å². The van der Waals surface area contributed by atoms with Crippen molar-refractivity contribution in [1.82, 2.24) is 14.9 Å². The number of aromatic nitrogens is 2. The van der Waals surface area contributed by atoms with Crippen molar-refractivity contribution in [2.75, 3.05) is 13.7 Å². The molecule has 1 aliphatic rings. The van der Waals surface area contributed by atoms with E-state index in [1.165, 1.54) is 5.56 Å². The third kappa shape index (κ3) is 5.43. The first-order valence-electron chi connectivity index (χ1n) is 12.1. The van der Waals surface area contributed by atoms with Gasteiger partial charge in [-0.2, -0.15) is 0 Å². The highest BCUT2D eigenvalue weighted by Gasteiger charge is 2.32. The molecule has 0 aliphatic carbocycles. The fourth-order valence-corrected chi connectivity index (χ4v) is 4.67. The number of ether oxygens (including phenoxy) is 1. The SMILES string of the molecule is COc1cccc(Cc2cncc(C(=O)N3CCCC[C@H]3c3ncc(Cc4ccccc4)o3)c2)c1. The third-order valence-electron chi connectivity index (χ3n) is 6.43. The average Bonchev–Trinajstić information content (AvgIpc) is 3.37. The van der Waals surface area contributed by atoms with E-state index in [1.54, 1.807) is 19.5 Å². The van der Waals surface area contributed by atoms with Gasteiger partial charge in [0.25, 0.3) is 5.91 Å². The van der Waals surface area contributed by atoms with Gasteiger partial charge in [0, 0.05) is 25.4 Å². The molecule has 0 saturated carbocycles. The van der Waals surface area contributed by atoms with Crippen molar-refractivity contribution in [2.24, 2.45) is 0 Å². The molecule has 6 heteroatoms. The Morgan fingerprint density at radius 2 is 1.83 bits per heavy atom. The molecular formula is C29H29N3O3. The summed E-state index contributed by atoms with van der Waals surface area (Å²) >= 11 is 0. The Bertz CT molecular complexity index is 1290. The molecule has 2 aromatic heterocycles. The molecule has 5 rings (SSSR count). The summed E-state index contributed by atoms with van der Waals surface area (Å²) in [5.74, 6) is 2.21. The van der Waals surface area contributed by atoms with Gasteiger partial charge in [0.15, 0.2) is 0 Å². The Kier molecular flexibility index (Phi) is 6.89. The van der Waals surface area contributed by atoms with Crippen LogP contribution in [-0.4, -0.2) is 34.4 Å². The summed E-state index contributed by atoms with van der Waals surface area (Å²) in [6.45, 7) is 0.681. The maximum absolute atomic E-state index is 13.6. The first-order valence-corrected chi connectivity index (χ1v) is 12.1. The van der Waals surface area contributed by atoms with E-state index in [0.29, 0.717) is 30.8 Å². The van der Waals surface area contributed by atoms with E-state index in [9.17, 15) is 4.79 Å².